The summed E-state index contributed by atoms with van der Waals surface area (Å²) < 4.78 is 40.4. The molecule has 0 spiro atoms. The van der Waals surface area contributed by atoms with E-state index in [1.165, 1.54) is 0 Å². The van der Waals surface area contributed by atoms with Crippen molar-refractivity contribution in [2.24, 2.45) is 17.6 Å². The van der Waals surface area contributed by atoms with Crippen molar-refractivity contribution in [3.63, 3.8) is 0 Å². The summed E-state index contributed by atoms with van der Waals surface area (Å²) in [5.74, 6) is 0.448. The molecule has 2 bridgehead atoms. The molecule has 11 heteroatoms. The van der Waals surface area contributed by atoms with Crippen molar-refractivity contribution in [2.75, 3.05) is 38.6 Å². The topological polar surface area (TPSA) is 114 Å². The Hall–Kier alpha value is -2.05. The zero-order valence-electron chi connectivity index (χ0n) is 29.9. The van der Waals surface area contributed by atoms with Crippen LogP contribution in [-0.2, 0) is 30.9 Å². The first-order valence-electron chi connectivity index (χ1n) is 18.8. The summed E-state index contributed by atoms with van der Waals surface area (Å²) in [5, 5.41) is 4.27. The number of nitrogens with two attached hydrogens (primary N) is 1. The number of rotatable bonds is 13. The highest BCUT2D eigenvalue weighted by molar-refractivity contribution is 7.89. The van der Waals surface area contributed by atoms with Gasteiger partial charge in [-0.05, 0) is 100 Å². The van der Waals surface area contributed by atoms with Gasteiger partial charge in [-0.25, -0.2) is 8.42 Å². The number of halogens is 1. The molecule has 50 heavy (non-hydrogen) atoms. The van der Waals surface area contributed by atoms with Crippen molar-refractivity contribution in [3.05, 3.63) is 70.7 Å². The fourth-order valence-corrected chi connectivity index (χ4v) is 11.1. The van der Waals surface area contributed by atoms with Crippen molar-refractivity contribution in [2.45, 2.75) is 114 Å². The molecule has 9 nitrogen and oxygen atoms in total. The fourth-order valence-electron chi connectivity index (χ4n) is 9.17. The molecule has 3 heterocycles. The predicted octanol–water partition coefficient (Wildman–Crippen LogP) is 5.72. The van der Waals surface area contributed by atoms with Gasteiger partial charge in [0, 0.05) is 55.3 Å². The lowest BCUT2D eigenvalue weighted by Gasteiger charge is -2.43. The molecule has 3 aliphatic heterocycles. The molecule has 4 aliphatic rings. The van der Waals surface area contributed by atoms with E-state index < -0.39 is 16.1 Å². The first kappa shape index (κ1) is 37.7. The number of hydrogen-bond acceptors (Lipinski definition) is 7. The summed E-state index contributed by atoms with van der Waals surface area (Å²) in [6.07, 6.45) is 7.85. The lowest BCUT2D eigenvalue weighted by atomic mass is 9.73. The van der Waals surface area contributed by atoms with E-state index in [1.807, 2.05) is 59.5 Å². The van der Waals surface area contributed by atoms with E-state index in [9.17, 15) is 13.2 Å². The number of ether oxygens (including phenoxy) is 2. The number of sulfonamides is 1. The van der Waals surface area contributed by atoms with Gasteiger partial charge in [0.15, 0.2) is 0 Å². The van der Waals surface area contributed by atoms with Crippen LogP contribution in [0.1, 0.15) is 88.7 Å². The van der Waals surface area contributed by atoms with Crippen molar-refractivity contribution in [1.82, 2.24) is 14.5 Å². The van der Waals surface area contributed by atoms with Crippen LogP contribution in [0.15, 0.2) is 54.6 Å². The zero-order valence-corrected chi connectivity index (χ0v) is 31.4. The first-order chi connectivity index (χ1) is 24.0. The van der Waals surface area contributed by atoms with Crippen LogP contribution in [0.4, 0.5) is 0 Å². The van der Waals surface area contributed by atoms with Crippen LogP contribution >= 0.6 is 11.6 Å². The minimum Gasteiger partial charge on any atom is -0.376 e. The summed E-state index contributed by atoms with van der Waals surface area (Å²) in [4.78, 5) is 16.9. The molecule has 3 saturated heterocycles. The third-order valence-electron chi connectivity index (χ3n) is 11.7. The lowest BCUT2D eigenvalue weighted by molar-refractivity contribution is -0.139. The van der Waals surface area contributed by atoms with Gasteiger partial charge < -0.3 is 25.4 Å². The van der Waals surface area contributed by atoms with Gasteiger partial charge in [-0.3, -0.25) is 4.79 Å². The quantitative estimate of drug-likeness (QED) is 0.254. The van der Waals surface area contributed by atoms with Gasteiger partial charge >= 0.3 is 0 Å². The highest BCUT2D eigenvalue weighted by atomic mass is 35.5. The molecule has 1 amide bonds. The van der Waals surface area contributed by atoms with Crippen molar-refractivity contribution in [1.29, 1.82) is 0 Å². The van der Waals surface area contributed by atoms with Crippen LogP contribution in [0.2, 0.25) is 5.02 Å². The van der Waals surface area contributed by atoms with Crippen LogP contribution in [0.25, 0.3) is 0 Å². The molecule has 2 unspecified atom stereocenters. The van der Waals surface area contributed by atoms with Gasteiger partial charge in [-0.15, -0.1) is 0 Å². The largest absolute Gasteiger partial charge is 0.376 e. The van der Waals surface area contributed by atoms with E-state index in [-0.39, 0.29) is 53.1 Å². The number of carbonyl (C=O) groups excluding carboxylic acids is 1. The second-order valence-electron chi connectivity index (χ2n) is 15.7. The van der Waals surface area contributed by atoms with Gasteiger partial charge in [0.05, 0.1) is 30.6 Å². The Balaban J connectivity index is 1.21. The van der Waals surface area contributed by atoms with Crippen molar-refractivity contribution in [3.8, 4) is 0 Å². The lowest BCUT2D eigenvalue weighted by Crippen LogP contribution is -2.57. The summed E-state index contributed by atoms with van der Waals surface area (Å²) in [7, 11) is -3.26. The molecular formula is C39H57ClN4O5S. The number of benzene rings is 2. The number of hydrogen-bond donors (Lipinski definition) is 2. The molecule has 6 rings (SSSR count). The van der Waals surface area contributed by atoms with Crippen LogP contribution in [0.5, 0.6) is 0 Å². The molecular weight excluding hydrogens is 672 g/mol. The second kappa shape index (κ2) is 16.7. The summed E-state index contributed by atoms with van der Waals surface area (Å²) >= 11 is 6.31. The Labute approximate surface area is 304 Å². The van der Waals surface area contributed by atoms with Gasteiger partial charge in [0.25, 0.3) is 0 Å². The Morgan fingerprint density at radius 3 is 2.62 bits per heavy atom. The van der Waals surface area contributed by atoms with Crippen molar-refractivity contribution >= 4 is 27.5 Å². The second-order valence-corrected chi connectivity index (χ2v) is 18.1. The molecule has 0 radical (unpaired) electrons. The van der Waals surface area contributed by atoms with Gasteiger partial charge in [0.2, 0.25) is 15.9 Å². The summed E-state index contributed by atoms with van der Waals surface area (Å²) in [6.45, 7) is 7.46. The number of nitrogens with zero attached hydrogens (tertiary/aromatic N) is 2. The van der Waals surface area contributed by atoms with E-state index in [4.69, 9.17) is 26.8 Å². The highest BCUT2D eigenvalue weighted by Crippen LogP contribution is 2.42. The number of nitrogens with one attached hydrogen (secondary N) is 1. The molecule has 2 aromatic rings. The summed E-state index contributed by atoms with van der Waals surface area (Å²) in [6, 6.07) is 17.4. The standard InChI is InChI=1S/C39H57ClN4O5S/c1-39(2)24-31(19-21-49-39)36(30-13-16-32(40)17-14-30)37(41)38(45)43(20-22-48-27-28-8-4-3-5-9-28)35-12-6-10-29(35)15-18-34-25-42-33-11-7-23-50(46,47)44(34)26-33/h3-5,8-9,13-14,16-17,29,31,33-37,42H,6-7,10-12,15,18-27,41H2,1-2H3/t29-,31?,33-,34+,35+,36+,37+/m1/s1. The smallest absolute Gasteiger partial charge is 0.240 e. The predicted molar refractivity (Wildman–Crippen MR) is 198 cm³/mol. The average molecular weight is 729 g/mol. The monoisotopic (exact) mass is 728 g/mol. The van der Waals surface area contributed by atoms with E-state index in [1.54, 1.807) is 4.31 Å². The molecule has 2 aromatic carbocycles. The normalized spacial score (nSPS) is 30.2. The van der Waals surface area contributed by atoms with Crippen LogP contribution in [0.3, 0.4) is 0 Å². The molecule has 276 valence electrons. The number of piperazine rings is 1. The Kier molecular flexibility index (Phi) is 12.6. The fraction of sp³-hybridized carbons (Fsp3) is 0.667. The van der Waals surface area contributed by atoms with E-state index in [0.717, 1.165) is 62.5 Å². The molecule has 8 atom stereocenters. The van der Waals surface area contributed by atoms with Crippen LogP contribution in [-0.4, -0.2) is 91.9 Å². The van der Waals surface area contributed by atoms with E-state index >= 15 is 0 Å². The number of amides is 1. The Morgan fingerprint density at radius 2 is 1.86 bits per heavy atom. The minimum atomic E-state index is -3.26. The molecule has 4 fully saturated rings. The van der Waals surface area contributed by atoms with Gasteiger partial charge in [-0.1, -0.05) is 60.5 Å². The average Bonchev–Trinajstić information content (AvgIpc) is 3.52. The van der Waals surface area contributed by atoms with Gasteiger partial charge in [-0.2, -0.15) is 4.31 Å². The third-order valence-corrected chi connectivity index (χ3v) is 13.9. The molecule has 3 N–H and O–H groups in total. The number of fused-ring (bicyclic) bond motifs is 2. The molecule has 1 aliphatic carbocycles. The summed E-state index contributed by atoms with van der Waals surface area (Å²) in [5.41, 5.74) is 8.99. The van der Waals surface area contributed by atoms with Crippen LogP contribution in [0, 0.1) is 11.8 Å². The van der Waals surface area contributed by atoms with Gasteiger partial charge in [0.1, 0.15) is 0 Å². The maximum atomic E-state index is 14.9. The molecule has 0 aromatic heterocycles. The number of carbonyl (C=O) groups is 1. The SMILES string of the molecule is CC1(C)CC([C@H](c2ccc(Cl)cc2)[C@H](N)C(=O)N(CCOCc2ccccc2)[C@H]2CCC[C@@H]2CC[C@H]2CN[C@@H]3CCCS(=O)(=O)N2C3)CCO1. The maximum Gasteiger partial charge on any atom is 0.240 e. The third kappa shape index (κ3) is 9.29. The highest BCUT2D eigenvalue weighted by Gasteiger charge is 2.44. The first-order valence-corrected chi connectivity index (χ1v) is 20.8. The maximum absolute atomic E-state index is 14.9. The Bertz CT molecular complexity index is 1510. The Morgan fingerprint density at radius 1 is 1.08 bits per heavy atom. The van der Waals surface area contributed by atoms with Crippen molar-refractivity contribution < 1.29 is 22.7 Å². The zero-order chi connectivity index (χ0) is 35.3. The van der Waals surface area contributed by atoms with E-state index in [2.05, 4.69) is 19.2 Å². The minimum absolute atomic E-state index is 0.0240. The molecule has 1 saturated carbocycles. The van der Waals surface area contributed by atoms with Crippen LogP contribution < -0.4 is 11.1 Å². The van der Waals surface area contributed by atoms with E-state index in [0.29, 0.717) is 50.9 Å².